The van der Waals surface area contributed by atoms with Crippen molar-refractivity contribution < 1.29 is 23.1 Å². The van der Waals surface area contributed by atoms with Gasteiger partial charge in [-0.15, -0.1) is 0 Å². The molecular formula is C36H40FN3O4. The maximum Gasteiger partial charge on any atom is 0.253 e. The first-order valence-corrected chi connectivity index (χ1v) is 15.7. The molecule has 1 saturated heterocycles. The molecule has 7 nitrogen and oxygen atoms in total. The average Bonchev–Trinajstić information content (AvgIpc) is 3.74. The van der Waals surface area contributed by atoms with Crippen LogP contribution in [0.15, 0.2) is 94.2 Å². The summed E-state index contributed by atoms with van der Waals surface area (Å²) in [5.41, 5.74) is 3.44. The van der Waals surface area contributed by atoms with Gasteiger partial charge in [-0.2, -0.15) is 0 Å². The van der Waals surface area contributed by atoms with E-state index >= 15 is 4.39 Å². The lowest BCUT2D eigenvalue weighted by molar-refractivity contribution is -0.117. The minimum atomic E-state index is -0.471. The third kappa shape index (κ3) is 6.51. The van der Waals surface area contributed by atoms with Crippen molar-refractivity contribution in [2.75, 3.05) is 39.4 Å². The molecule has 1 aliphatic carbocycles. The van der Waals surface area contributed by atoms with Gasteiger partial charge in [0.2, 0.25) is 0 Å². The van der Waals surface area contributed by atoms with Crippen LogP contribution in [-0.4, -0.2) is 50.2 Å². The SMILES string of the molecule is C1CCCC1.C=C1/C2=C/C(F)=C(C)\C(=C\N/C=C\1C(=O)NCCCN1CCOCC1)Oc1cc3c(cc12)oc1ccccc13. The van der Waals surface area contributed by atoms with Crippen molar-refractivity contribution in [2.24, 2.45) is 0 Å². The van der Waals surface area contributed by atoms with Crippen molar-refractivity contribution >= 4 is 33.4 Å². The average molecular weight is 598 g/mol. The molecule has 2 fully saturated rings. The fourth-order valence-electron chi connectivity index (χ4n) is 6.00. The monoisotopic (exact) mass is 597 g/mol. The zero-order chi connectivity index (χ0) is 30.5. The van der Waals surface area contributed by atoms with Crippen LogP contribution in [0.4, 0.5) is 4.39 Å². The number of para-hydroxylation sites is 1. The number of nitrogens with zero attached hydrogens (tertiary/aromatic N) is 1. The highest BCUT2D eigenvalue weighted by Crippen LogP contribution is 2.43. The van der Waals surface area contributed by atoms with Crippen LogP contribution in [0.25, 0.3) is 27.5 Å². The van der Waals surface area contributed by atoms with Crippen LogP contribution >= 0.6 is 0 Å². The number of ether oxygens (including phenoxy) is 2. The van der Waals surface area contributed by atoms with Gasteiger partial charge in [-0.05, 0) is 55.3 Å². The molecule has 1 saturated carbocycles. The number of morpholine rings is 1. The van der Waals surface area contributed by atoms with Crippen molar-refractivity contribution in [3.8, 4) is 5.75 Å². The molecule has 5 aliphatic rings. The molecule has 8 heteroatoms. The summed E-state index contributed by atoms with van der Waals surface area (Å²) in [6.45, 7) is 10.6. The van der Waals surface area contributed by atoms with Gasteiger partial charge in [-0.3, -0.25) is 9.69 Å². The summed E-state index contributed by atoms with van der Waals surface area (Å²) in [7, 11) is 0. The van der Waals surface area contributed by atoms with Gasteiger partial charge in [0.25, 0.3) is 5.91 Å². The Morgan fingerprint density at radius 1 is 1.02 bits per heavy atom. The molecule has 3 aromatic rings. The molecule has 0 atom stereocenters. The molecule has 0 unspecified atom stereocenters. The summed E-state index contributed by atoms with van der Waals surface area (Å²) < 4.78 is 33.2. The van der Waals surface area contributed by atoms with E-state index in [0.717, 1.165) is 55.6 Å². The van der Waals surface area contributed by atoms with E-state index in [0.29, 0.717) is 51.5 Å². The van der Waals surface area contributed by atoms with E-state index in [2.05, 4.69) is 22.1 Å². The Labute approximate surface area is 257 Å². The number of hydrogen-bond donors (Lipinski definition) is 2. The van der Waals surface area contributed by atoms with Crippen molar-refractivity contribution in [3.05, 3.63) is 95.3 Å². The summed E-state index contributed by atoms with van der Waals surface area (Å²) in [5.74, 6) is 0.0744. The highest BCUT2D eigenvalue weighted by molar-refractivity contribution is 6.09. The predicted octanol–water partition coefficient (Wildman–Crippen LogP) is 7.28. The number of allylic oxidation sites excluding steroid dienone is 4. The number of halogens is 1. The Morgan fingerprint density at radius 3 is 2.55 bits per heavy atom. The first-order valence-electron chi connectivity index (χ1n) is 15.7. The standard InChI is InChI=1S/C31H30FN3O4.C5H10/c1-19-22-14-26(32)20(2)30(18-33-17-25(19)31(36)34-8-5-9-35-10-12-37-13-11-35)39-29-15-23-21-6-3-4-7-27(21)38-28(23)16-24(22)29;1-2-4-5-3-1/h3-4,6-7,14-18,33H,1,5,8-13H2,2H3,(H,34,36);1-5H2/b22-14-,25-17+,26-20+,30-18-;. The topological polar surface area (TPSA) is 76.0 Å². The predicted molar refractivity (Wildman–Crippen MR) is 173 cm³/mol. The minimum Gasteiger partial charge on any atom is -0.456 e. The van der Waals surface area contributed by atoms with Gasteiger partial charge >= 0.3 is 0 Å². The van der Waals surface area contributed by atoms with Crippen LogP contribution in [-0.2, 0) is 9.53 Å². The van der Waals surface area contributed by atoms with Crippen LogP contribution in [0.3, 0.4) is 0 Å². The van der Waals surface area contributed by atoms with E-state index in [9.17, 15) is 4.79 Å². The summed E-state index contributed by atoms with van der Waals surface area (Å²) in [4.78, 5) is 15.7. The lowest BCUT2D eigenvalue weighted by atomic mass is 9.90. The van der Waals surface area contributed by atoms with Crippen molar-refractivity contribution in [2.45, 2.75) is 45.4 Å². The number of carbonyl (C=O) groups excluding carboxylic acids is 1. The zero-order valence-corrected chi connectivity index (χ0v) is 25.3. The van der Waals surface area contributed by atoms with Crippen LogP contribution < -0.4 is 15.4 Å². The summed E-state index contributed by atoms with van der Waals surface area (Å²) in [6.07, 6.45) is 12.9. The van der Waals surface area contributed by atoms with E-state index in [1.165, 1.54) is 38.2 Å². The highest BCUT2D eigenvalue weighted by atomic mass is 19.1. The number of amides is 1. The number of carbonyl (C=O) groups is 1. The van der Waals surface area contributed by atoms with E-state index in [4.69, 9.17) is 13.9 Å². The maximum absolute atomic E-state index is 15.4. The summed E-state index contributed by atoms with van der Waals surface area (Å²) >= 11 is 0. The second kappa shape index (κ2) is 13.7. The number of furan rings is 1. The van der Waals surface area contributed by atoms with E-state index < -0.39 is 5.83 Å². The van der Waals surface area contributed by atoms with Crippen LogP contribution in [0.2, 0.25) is 0 Å². The molecule has 2 bridgehead atoms. The van der Waals surface area contributed by atoms with Crippen molar-refractivity contribution in [1.29, 1.82) is 0 Å². The Balaban J connectivity index is 0.000000625. The van der Waals surface area contributed by atoms with Gasteiger partial charge in [0, 0.05) is 53.9 Å². The molecule has 5 heterocycles. The number of nitrogens with one attached hydrogen (secondary N) is 2. The van der Waals surface area contributed by atoms with E-state index in [1.807, 2.05) is 36.4 Å². The molecule has 1 aromatic heterocycles. The normalized spacial score (nSPS) is 24.0. The maximum atomic E-state index is 15.4. The number of rotatable bonds is 5. The largest absolute Gasteiger partial charge is 0.456 e. The molecule has 44 heavy (non-hydrogen) atoms. The second-order valence-corrected chi connectivity index (χ2v) is 11.6. The first kappa shape index (κ1) is 29.9. The zero-order valence-electron chi connectivity index (χ0n) is 25.3. The Kier molecular flexibility index (Phi) is 9.28. The molecule has 1 amide bonds. The Hall–Kier alpha value is -4.14. The molecular weight excluding hydrogens is 557 g/mol. The Morgan fingerprint density at radius 2 is 1.77 bits per heavy atom. The van der Waals surface area contributed by atoms with E-state index in [1.54, 1.807) is 19.3 Å². The van der Waals surface area contributed by atoms with E-state index in [-0.39, 0.29) is 5.91 Å². The fraction of sp³-hybridized carbons (Fsp3) is 0.361. The second-order valence-electron chi connectivity index (χ2n) is 11.6. The molecule has 0 radical (unpaired) electrons. The van der Waals surface area contributed by atoms with Crippen molar-refractivity contribution in [3.63, 3.8) is 0 Å². The summed E-state index contributed by atoms with van der Waals surface area (Å²) in [5, 5.41) is 7.86. The van der Waals surface area contributed by atoms with Gasteiger partial charge in [0.15, 0.2) is 0 Å². The number of hydrogen-bond acceptors (Lipinski definition) is 6. The van der Waals surface area contributed by atoms with Gasteiger partial charge in [-0.1, -0.05) is 56.9 Å². The van der Waals surface area contributed by atoms with Crippen LogP contribution in [0.5, 0.6) is 5.75 Å². The van der Waals surface area contributed by atoms with Gasteiger partial charge in [-0.25, -0.2) is 4.39 Å². The number of fused-ring (bicyclic) bond motifs is 7. The van der Waals surface area contributed by atoms with Crippen LogP contribution in [0.1, 0.15) is 51.0 Å². The highest BCUT2D eigenvalue weighted by Gasteiger charge is 2.26. The smallest absolute Gasteiger partial charge is 0.253 e. The lowest BCUT2D eigenvalue weighted by Crippen LogP contribution is -2.38. The van der Waals surface area contributed by atoms with Gasteiger partial charge in [0.1, 0.15) is 28.5 Å². The molecule has 230 valence electrons. The molecule has 8 rings (SSSR count). The minimum absolute atomic E-state index is 0.287. The first-order chi connectivity index (χ1) is 21.5. The number of benzene rings is 2. The van der Waals surface area contributed by atoms with Crippen LogP contribution in [0, 0.1) is 0 Å². The van der Waals surface area contributed by atoms with Gasteiger partial charge < -0.3 is 24.5 Å². The molecule has 0 spiro atoms. The van der Waals surface area contributed by atoms with Crippen molar-refractivity contribution in [1.82, 2.24) is 15.5 Å². The third-order valence-corrected chi connectivity index (χ3v) is 8.62. The third-order valence-electron chi connectivity index (χ3n) is 8.62. The summed E-state index contributed by atoms with van der Waals surface area (Å²) in [6, 6.07) is 11.5. The fourth-order valence-corrected chi connectivity index (χ4v) is 6.00. The Bertz CT molecular complexity index is 1680. The molecule has 4 aliphatic heterocycles. The van der Waals surface area contributed by atoms with Gasteiger partial charge in [0.05, 0.1) is 18.8 Å². The quantitative estimate of drug-likeness (QED) is 0.301. The molecule has 2 aromatic carbocycles. The lowest BCUT2D eigenvalue weighted by Gasteiger charge is -2.26. The molecule has 2 N–H and O–H groups in total.